The van der Waals surface area contributed by atoms with Crippen molar-refractivity contribution in [3.63, 3.8) is 0 Å². The summed E-state index contributed by atoms with van der Waals surface area (Å²) in [7, 11) is 0. The minimum atomic E-state index is -0.158. The third-order valence-electron chi connectivity index (χ3n) is 3.08. The zero-order valence-corrected chi connectivity index (χ0v) is 9.83. The molecule has 15 heavy (non-hydrogen) atoms. The molecule has 0 saturated heterocycles. The van der Waals surface area contributed by atoms with E-state index in [1.165, 1.54) is 32.1 Å². The normalized spacial score (nSPS) is 19.6. The first-order chi connectivity index (χ1) is 7.25. The Bertz CT molecular complexity index is 305. The predicted molar refractivity (Wildman–Crippen MR) is 58.8 cm³/mol. The summed E-state index contributed by atoms with van der Waals surface area (Å²) in [5, 5.41) is 3.68. The molecular weight excluding hydrogens is 212 g/mol. The van der Waals surface area contributed by atoms with Gasteiger partial charge in [0, 0.05) is 6.42 Å². The standard InChI is InChI=1S/C11H17ClN2O/c1-8(12)11-13-10(15-14-11)7-6-9-4-2-3-5-9/h8-9H,2-7H2,1H3. The van der Waals surface area contributed by atoms with Crippen molar-refractivity contribution in [1.29, 1.82) is 0 Å². The zero-order chi connectivity index (χ0) is 10.7. The first-order valence-corrected chi connectivity index (χ1v) is 6.16. The van der Waals surface area contributed by atoms with E-state index in [0.29, 0.717) is 5.82 Å². The fourth-order valence-corrected chi connectivity index (χ4v) is 2.25. The van der Waals surface area contributed by atoms with Gasteiger partial charge in [0.25, 0.3) is 0 Å². The lowest BCUT2D eigenvalue weighted by molar-refractivity contribution is 0.358. The molecule has 84 valence electrons. The molecule has 0 aliphatic heterocycles. The molecule has 1 fully saturated rings. The van der Waals surface area contributed by atoms with Gasteiger partial charge in [-0.1, -0.05) is 30.8 Å². The van der Waals surface area contributed by atoms with E-state index < -0.39 is 0 Å². The molecular formula is C11H17ClN2O. The molecule has 0 N–H and O–H groups in total. The molecule has 0 bridgehead atoms. The van der Waals surface area contributed by atoms with Gasteiger partial charge in [0.2, 0.25) is 5.89 Å². The summed E-state index contributed by atoms with van der Waals surface area (Å²) in [5.41, 5.74) is 0. The Hall–Kier alpha value is -0.570. The van der Waals surface area contributed by atoms with Crippen LogP contribution >= 0.6 is 11.6 Å². The second-order valence-electron chi connectivity index (χ2n) is 4.35. The van der Waals surface area contributed by atoms with Crippen LogP contribution in [-0.4, -0.2) is 10.1 Å². The van der Waals surface area contributed by atoms with Crippen LogP contribution in [0.5, 0.6) is 0 Å². The van der Waals surface area contributed by atoms with Gasteiger partial charge in [-0.3, -0.25) is 0 Å². The van der Waals surface area contributed by atoms with Gasteiger partial charge in [-0.05, 0) is 19.3 Å². The highest BCUT2D eigenvalue weighted by molar-refractivity contribution is 6.20. The molecule has 2 rings (SSSR count). The second kappa shape index (κ2) is 4.97. The number of hydrogen-bond donors (Lipinski definition) is 0. The highest BCUT2D eigenvalue weighted by Gasteiger charge is 2.17. The lowest BCUT2D eigenvalue weighted by atomic mass is 10.0. The molecule has 1 aliphatic carbocycles. The summed E-state index contributed by atoms with van der Waals surface area (Å²) in [6.45, 7) is 1.85. The number of hydrogen-bond acceptors (Lipinski definition) is 3. The van der Waals surface area contributed by atoms with Crippen molar-refractivity contribution < 1.29 is 4.52 Å². The highest BCUT2D eigenvalue weighted by Crippen LogP contribution is 2.28. The molecule has 0 radical (unpaired) electrons. The van der Waals surface area contributed by atoms with Crippen LogP contribution in [0.1, 0.15) is 56.1 Å². The maximum Gasteiger partial charge on any atom is 0.226 e. The van der Waals surface area contributed by atoms with E-state index in [2.05, 4.69) is 10.1 Å². The fourth-order valence-electron chi connectivity index (χ4n) is 2.16. The van der Waals surface area contributed by atoms with E-state index in [4.69, 9.17) is 16.1 Å². The molecule has 0 aromatic carbocycles. The number of halogens is 1. The van der Waals surface area contributed by atoms with E-state index in [9.17, 15) is 0 Å². The topological polar surface area (TPSA) is 38.9 Å². The molecule has 4 heteroatoms. The quantitative estimate of drug-likeness (QED) is 0.741. The van der Waals surface area contributed by atoms with Crippen molar-refractivity contribution in [2.24, 2.45) is 5.92 Å². The molecule has 1 atom stereocenters. The number of nitrogens with zero attached hydrogens (tertiary/aromatic N) is 2. The maximum absolute atomic E-state index is 5.86. The molecule has 1 unspecified atom stereocenters. The van der Waals surface area contributed by atoms with Crippen LogP contribution < -0.4 is 0 Å². The Morgan fingerprint density at radius 2 is 2.20 bits per heavy atom. The lowest BCUT2D eigenvalue weighted by Crippen LogP contribution is -1.97. The molecule has 1 aromatic rings. The third-order valence-corrected chi connectivity index (χ3v) is 3.28. The van der Waals surface area contributed by atoms with E-state index in [1.807, 2.05) is 6.92 Å². The van der Waals surface area contributed by atoms with Crippen molar-refractivity contribution in [1.82, 2.24) is 10.1 Å². The summed E-state index contributed by atoms with van der Waals surface area (Å²) in [5.74, 6) is 2.22. The summed E-state index contributed by atoms with van der Waals surface area (Å²) in [4.78, 5) is 4.26. The van der Waals surface area contributed by atoms with Crippen LogP contribution in [-0.2, 0) is 6.42 Å². The van der Waals surface area contributed by atoms with Gasteiger partial charge in [-0.2, -0.15) is 4.98 Å². The SMILES string of the molecule is CC(Cl)c1noc(CCC2CCCC2)n1. The van der Waals surface area contributed by atoms with Gasteiger partial charge >= 0.3 is 0 Å². The highest BCUT2D eigenvalue weighted by atomic mass is 35.5. The van der Waals surface area contributed by atoms with Gasteiger partial charge in [-0.25, -0.2) is 0 Å². The molecule has 1 heterocycles. The second-order valence-corrected chi connectivity index (χ2v) is 5.01. The average Bonchev–Trinajstić information content (AvgIpc) is 2.86. The average molecular weight is 229 g/mol. The number of aromatic nitrogens is 2. The van der Waals surface area contributed by atoms with Crippen LogP contribution in [0.3, 0.4) is 0 Å². The Morgan fingerprint density at radius 1 is 1.47 bits per heavy atom. The van der Waals surface area contributed by atoms with Crippen LogP contribution in [0.15, 0.2) is 4.52 Å². The monoisotopic (exact) mass is 228 g/mol. The van der Waals surface area contributed by atoms with Crippen LogP contribution in [0.2, 0.25) is 0 Å². The Balaban J connectivity index is 1.82. The van der Waals surface area contributed by atoms with E-state index in [1.54, 1.807) is 0 Å². The number of aryl methyl sites for hydroxylation is 1. The largest absolute Gasteiger partial charge is 0.339 e. The molecule has 1 aliphatic rings. The van der Waals surface area contributed by atoms with Crippen molar-refractivity contribution in [2.45, 2.75) is 50.8 Å². The van der Waals surface area contributed by atoms with Crippen molar-refractivity contribution in [3.05, 3.63) is 11.7 Å². The fraction of sp³-hybridized carbons (Fsp3) is 0.818. The maximum atomic E-state index is 5.86. The molecule has 0 amide bonds. The summed E-state index contributed by atoms with van der Waals surface area (Å²) < 4.78 is 5.14. The zero-order valence-electron chi connectivity index (χ0n) is 9.08. The van der Waals surface area contributed by atoms with Crippen LogP contribution in [0, 0.1) is 5.92 Å². The third kappa shape index (κ3) is 2.94. The molecule has 0 spiro atoms. The Kier molecular flexibility index (Phi) is 3.62. The van der Waals surface area contributed by atoms with Crippen molar-refractivity contribution in [3.8, 4) is 0 Å². The van der Waals surface area contributed by atoms with Gasteiger partial charge in [0.15, 0.2) is 5.82 Å². The van der Waals surface area contributed by atoms with Gasteiger partial charge in [0.1, 0.15) is 0 Å². The molecule has 1 aromatic heterocycles. The lowest BCUT2D eigenvalue weighted by Gasteiger charge is -2.04. The summed E-state index contributed by atoms with van der Waals surface area (Å²) in [6.07, 6.45) is 7.59. The van der Waals surface area contributed by atoms with E-state index >= 15 is 0 Å². The Morgan fingerprint density at radius 3 is 2.80 bits per heavy atom. The smallest absolute Gasteiger partial charge is 0.226 e. The van der Waals surface area contributed by atoms with Crippen LogP contribution in [0.25, 0.3) is 0 Å². The molecule has 1 saturated carbocycles. The Labute approximate surface area is 95.2 Å². The van der Waals surface area contributed by atoms with Gasteiger partial charge in [-0.15, -0.1) is 11.6 Å². The minimum Gasteiger partial charge on any atom is -0.339 e. The number of alkyl halides is 1. The van der Waals surface area contributed by atoms with Gasteiger partial charge in [0.05, 0.1) is 5.38 Å². The van der Waals surface area contributed by atoms with E-state index in [-0.39, 0.29) is 5.38 Å². The summed E-state index contributed by atoms with van der Waals surface area (Å²) in [6, 6.07) is 0. The first kappa shape index (κ1) is 10.9. The predicted octanol–water partition coefficient (Wildman–Crippen LogP) is 3.49. The van der Waals surface area contributed by atoms with Crippen molar-refractivity contribution in [2.75, 3.05) is 0 Å². The van der Waals surface area contributed by atoms with Crippen molar-refractivity contribution >= 4 is 11.6 Å². The summed E-state index contributed by atoms with van der Waals surface area (Å²) >= 11 is 5.86. The molecule has 3 nitrogen and oxygen atoms in total. The first-order valence-electron chi connectivity index (χ1n) is 5.72. The minimum absolute atomic E-state index is 0.158. The van der Waals surface area contributed by atoms with E-state index in [0.717, 1.165) is 18.2 Å². The number of rotatable bonds is 4. The van der Waals surface area contributed by atoms with Gasteiger partial charge < -0.3 is 4.52 Å². The van der Waals surface area contributed by atoms with Crippen LogP contribution in [0.4, 0.5) is 0 Å².